The van der Waals surface area contributed by atoms with E-state index in [2.05, 4.69) is 5.32 Å². The molecular weight excluding hydrogens is 388 g/mol. The molecule has 8 nitrogen and oxygen atoms in total. The quantitative estimate of drug-likeness (QED) is 0.785. The summed E-state index contributed by atoms with van der Waals surface area (Å²) in [6, 6.07) is 12.4. The SMILES string of the molecule is COc1ccc(OCC(=O)N2CCC(C(=O)Nc3ccc4c(c3)OCO4)CC2)cc1. The molecule has 2 amide bonds. The zero-order valence-corrected chi connectivity index (χ0v) is 16.8. The van der Waals surface area contributed by atoms with Crippen LogP contribution in [-0.2, 0) is 9.59 Å². The lowest BCUT2D eigenvalue weighted by Crippen LogP contribution is -2.43. The summed E-state index contributed by atoms with van der Waals surface area (Å²) in [6.07, 6.45) is 1.23. The Morgan fingerprint density at radius 2 is 1.73 bits per heavy atom. The maximum Gasteiger partial charge on any atom is 0.260 e. The lowest BCUT2D eigenvalue weighted by molar-refractivity contribution is -0.136. The topological polar surface area (TPSA) is 86.3 Å². The molecule has 2 heterocycles. The number of nitrogens with zero attached hydrogens (tertiary/aromatic N) is 1. The molecule has 0 aliphatic carbocycles. The van der Waals surface area contributed by atoms with E-state index in [1.54, 1.807) is 54.5 Å². The van der Waals surface area contributed by atoms with Gasteiger partial charge in [-0.05, 0) is 49.2 Å². The van der Waals surface area contributed by atoms with E-state index in [-0.39, 0.29) is 31.1 Å². The van der Waals surface area contributed by atoms with Crippen LogP contribution in [0.25, 0.3) is 0 Å². The molecule has 1 saturated heterocycles. The molecule has 2 aromatic carbocycles. The van der Waals surface area contributed by atoms with E-state index in [1.807, 2.05) is 0 Å². The summed E-state index contributed by atoms with van der Waals surface area (Å²) in [5.41, 5.74) is 0.677. The number of likely N-dealkylation sites (tertiary alicyclic amines) is 1. The highest BCUT2D eigenvalue weighted by Gasteiger charge is 2.28. The fraction of sp³-hybridized carbons (Fsp3) is 0.364. The Bertz CT molecular complexity index is 906. The average Bonchev–Trinajstić information content (AvgIpc) is 3.26. The molecule has 158 valence electrons. The highest BCUT2D eigenvalue weighted by Crippen LogP contribution is 2.34. The number of anilines is 1. The number of piperidine rings is 1. The van der Waals surface area contributed by atoms with Crippen LogP contribution in [0.15, 0.2) is 42.5 Å². The van der Waals surface area contributed by atoms with Crippen molar-refractivity contribution in [2.24, 2.45) is 5.92 Å². The van der Waals surface area contributed by atoms with Crippen molar-refractivity contribution in [2.45, 2.75) is 12.8 Å². The Balaban J connectivity index is 1.22. The van der Waals surface area contributed by atoms with Gasteiger partial charge in [-0.2, -0.15) is 0 Å². The van der Waals surface area contributed by atoms with Crippen LogP contribution in [0.5, 0.6) is 23.0 Å². The fourth-order valence-corrected chi connectivity index (χ4v) is 3.52. The molecule has 0 saturated carbocycles. The van der Waals surface area contributed by atoms with E-state index in [1.165, 1.54) is 0 Å². The van der Waals surface area contributed by atoms with Crippen LogP contribution in [0.4, 0.5) is 5.69 Å². The summed E-state index contributed by atoms with van der Waals surface area (Å²) < 4.78 is 21.3. The first-order valence-corrected chi connectivity index (χ1v) is 9.87. The molecule has 0 atom stereocenters. The monoisotopic (exact) mass is 412 g/mol. The zero-order valence-electron chi connectivity index (χ0n) is 16.8. The van der Waals surface area contributed by atoms with E-state index >= 15 is 0 Å². The number of carbonyl (C=O) groups is 2. The van der Waals surface area contributed by atoms with Gasteiger partial charge in [-0.3, -0.25) is 9.59 Å². The second kappa shape index (κ2) is 8.94. The summed E-state index contributed by atoms with van der Waals surface area (Å²) in [7, 11) is 1.60. The first kappa shape index (κ1) is 19.9. The molecule has 1 N–H and O–H groups in total. The lowest BCUT2D eigenvalue weighted by atomic mass is 9.95. The number of carbonyl (C=O) groups excluding carboxylic acids is 2. The van der Waals surface area contributed by atoms with Gasteiger partial charge in [0.1, 0.15) is 11.5 Å². The highest BCUT2D eigenvalue weighted by atomic mass is 16.7. The minimum absolute atomic E-state index is 0.0274. The van der Waals surface area contributed by atoms with Gasteiger partial charge >= 0.3 is 0 Å². The predicted octanol–water partition coefficient (Wildman–Crippen LogP) is 2.68. The minimum Gasteiger partial charge on any atom is -0.497 e. The average molecular weight is 412 g/mol. The van der Waals surface area contributed by atoms with Crippen LogP contribution in [0.3, 0.4) is 0 Å². The van der Waals surface area contributed by atoms with Crippen molar-refractivity contribution >= 4 is 17.5 Å². The largest absolute Gasteiger partial charge is 0.497 e. The summed E-state index contributed by atoms with van der Waals surface area (Å²) in [5.74, 6) is 2.39. The summed E-state index contributed by atoms with van der Waals surface area (Å²) >= 11 is 0. The smallest absolute Gasteiger partial charge is 0.260 e. The van der Waals surface area contributed by atoms with Crippen LogP contribution < -0.4 is 24.3 Å². The second-order valence-electron chi connectivity index (χ2n) is 7.18. The third-order valence-electron chi connectivity index (χ3n) is 5.28. The van der Waals surface area contributed by atoms with Crippen molar-refractivity contribution in [1.82, 2.24) is 4.90 Å². The summed E-state index contributed by atoms with van der Waals surface area (Å²) in [4.78, 5) is 26.7. The number of benzene rings is 2. The maximum absolute atomic E-state index is 12.6. The van der Waals surface area contributed by atoms with Crippen molar-refractivity contribution < 1.29 is 28.5 Å². The van der Waals surface area contributed by atoms with Crippen LogP contribution in [-0.4, -0.2) is 50.3 Å². The molecule has 0 spiro atoms. The van der Waals surface area contributed by atoms with Crippen LogP contribution >= 0.6 is 0 Å². The number of amides is 2. The summed E-state index contributed by atoms with van der Waals surface area (Å²) in [6.45, 7) is 1.23. The molecule has 8 heteroatoms. The number of hydrogen-bond acceptors (Lipinski definition) is 6. The van der Waals surface area contributed by atoms with Crippen molar-refractivity contribution in [3.8, 4) is 23.0 Å². The van der Waals surface area contributed by atoms with E-state index in [0.29, 0.717) is 48.9 Å². The molecule has 1 fully saturated rings. The molecule has 2 aliphatic rings. The Hall–Kier alpha value is -3.42. The van der Waals surface area contributed by atoms with Gasteiger partial charge in [-0.25, -0.2) is 0 Å². The second-order valence-corrected chi connectivity index (χ2v) is 7.18. The van der Waals surface area contributed by atoms with E-state index in [9.17, 15) is 9.59 Å². The number of nitrogens with one attached hydrogen (secondary N) is 1. The number of fused-ring (bicyclic) bond motifs is 1. The predicted molar refractivity (Wildman–Crippen MR) is 109 cm³/mol. The van der Waals surface area contributed by atoms with Gasteiger partial charge in [0.25, 0.3) is 5.91 Å². The van der Waals surface area contributed by atoms with E-state index in [0.717, 1.165) is 5.75 Å². The number of hydrogen-bond donors (Lipinski definition) is 1. The molecule has 0 aromatic heterocycles. The standard InChI is InChI=1S/C22H24N2O6/c1-27-17-3-5-18(6-4-17)28-13-21(25)24-10-8-15(9-11-24)22(26)23-16-2-7-19-20(12-16)30-14-29-19/h2-7,12,15H,8-11,13-14H2,1H3,(H,23,26). The normalized spacial score (nSPS) is 15.6. The lowest BCUT2D eigenvalue weighted by Gasteiger charge is -2.31. The number of ether oxygens (including phenoxy) is 4. The van der Waals surface area contributed by atoms with E-state index < -0.39 is 0 Å². The van der Waals surface area contributed by atoms with Crippen LogP contribution in [0, 0.1) is 5.92 Å². The Kier molecular flexibility index (Phi) is 5.92. The zero-order chi connectivity index (χ0) is 20.9. The molecule has 30 heavy (non-hydrogen) atoms. The molecule has 0 unspecified atom stereocenters. The first-order chi connectivity index (χ1) is 14.6. The Labute approximate surface area is 174 Å². The van der Waals surface area contributed by atoms with Gasteiger partial charge in [-0.15, -0.1) is 0 Å². The number of methoxy groups -OCH3 is 1. The van der Waals surface area contributed by atoms with Crippen LogP contribution in [0.2, 0.25) is 0 Å². The van der Waals surface area contributed by atoms with Crippen molar-refractivity contribution in [1.29, 1.82) is 0 Å². The molecule has 2 aliphatic heterocycles. The fourth-order valence-electron chi connectivity index (χ4n) is 3.52. The van der Waals surface area contributed by atoms with Crippen LogP contribution in [0.1, 0.15) is 12.8 Å². The Morgan fingerprint density at radius 3 is 2.47 bits per heavy atom. The van der Waals surface area contributed by atoms with Gasteiger partial charge in [-0.1, -0.05) is 0 Å². The highest BCUT2D eigenvalue weighted by molar-refractivity contribution is 5.93. The third-order valence-corrected chi connectivity index (χ3v) is 5.28. The molecule has 2 aromatic rings. The molecule has 4 rings (SSSR count). The molecular formula is C22H24N2O6. The van der Waals surface area contributed by atoms with Gasteiger partial charge in [0, 0.05) is 30.8 Å². The van der Waals surface area contributed by atoms with Gasteiger partial charge in [0.2, 0.25) is 12.7 Å². The van der Waals surface area contributed by atoms with E-state index in [4.69, 9.17) is 18.9 Å². The third kappa shape index (κ3) is 4.59. The van der Waals surface area contributed by atoms with Gasteiger partial charge in [0.05, 0.1) is 7.11 Å². The first-order valence-electron chi connectivity index (χ1n) is 9.87. The Morgan fingerprint density at radius 1 is 1.03 bits per heavy atom. The molecule has 0 bridgehead atoms. The number of rotatable bonds is 6. The maximum atomic E-state index is 12.6. The van der Waals surface area contributed by atoms with Gasteiger partial charge in [0.15, 0.2) is 18.1 Å². The minimum atomic E-state index is -0.137. The summed E-state index contributed by atoms with van der Waals surface area (Å²) in [5, 5.41) is 2.93. The van der Waals surface area contributed by atoms with Crippen molar-refractivity contribution in [3.63, 3.8) is 0 Å². The van der Waals surface area contributed by atoms with Crippen molar-refractivity contribution in [3.05, 3.63) is 42.5 Å². The molecule has 0 radical (unpaired) electrons. The van der Waals surface area contributed by atoms with Crippen molar-refractivity contribution in [2.75, 3.05) is 38.9 Å². The van der Waals surface area contributed by atoms with Gasteiger partial charge < -0.3 is 29.2 Å².